The minimum Gasteiger partial charge on any atom is -0.383 e. The van der Waals surface area contributed by atoms with E-state index in [0.29, 0.717) is 11.1 Å². The van der Waals surface area contributed by atoms with E-state index in [4.69, 9.17) is 10.3 Å². The molecular formula is C21H23F2N5O3S. The lowest BCUT2D eigenvalue weighted by atomic mass is 9.96. The van der Waals surface area contributed by atoms with Gasteiger partial charge in [-0.3, -0.25) is 0 Å². The number of aromatic nitrogens is 3. The molecule has 1 aliphatic carbocycles. The summed E-state index contributed by atoms with van der Waals surface area (Å²) in [4.78, 5) is 7.91. The highest BCUT2D eigenvalue weighted by atomic mass is 32.2. The second-order valence-electron chi connectivity index (χ2n) is 7.85. The summed E-state index contributed by atoms with van der Waals surface area (Å²) in [6.45, 7) is 1.83. The highest BCUT2D eigenvalue weighted by molar-refractivity contribution is 7.89. The Labute approximate surface area is 184 Å². The Hall–Kier alpha value is -2.92. The summed E-state index contributed by atoms with van der Waals surface area (Å²) in [5.41, 5.74) is 8.04. The zero-order chi connectivity index (χ0) is 22.9. The van der Waals surface area contributed by atoms with Gasteiger partial charge in [-0.05, 0) is 49.1 Å². The topological polar surface area (TPSA) is 124 Å². The van der Waals surface area contributed by atoms with Crippen LogP contribution in [0.4, 0.5) is 14.6 Å². The van der Waals surface area contributed by atoms with E-state index in [-0.39, 0.29) is 28.2 Å². The Morgan fingerprint density at radius 1 is 1.16 bits per heavy atom. The van der Waals surface area contributed by atoms with Crippen molar-refractivity contribution < 1.29 is 21.7 Å². The van der Waals surface area contributed by atoms with Gasteiger partial charge >= 0.3 is 6.43 Å². The Kier molecular flexibility index (Phi) is 6.20. The van der Waals surface area contributed by atoms with Crippen LogP contribution in [0, 0.1) is 6.92 Å². The number of anilines is 1. The van der Waals surface area contributed by atoms with Crippen LogP contribution in [0.2, 0.25) is 0 Å². The number of nitrogens with one attached hydrogen (secondary N) is 1. The molecule has 2 aromatic heterocycles. The maximum atomic E-state index is 13.0. The number of pyridine rings is 1. The molecule has 8 nitrogen and oxygen atoms in total. The molecule has 1 aromatic carbocycles. The molecule has 0 amide bonds. The van der Waals surface area contributed by atoms with Gasteiger partial charge in [0, 0.05) is 17.8 Å². The molecule has 0 atom stereocenters. The molecule has 1 aliphatic rings. The van der Waals surface area contributed by atoms with Crippen molar-refractivity contribution in [2.45, 2.75) is 56.4 Å². The van der Waals surface area contributed by atoms with Crippen LogP contribution in [0.5, 0.6) is 0 Å². The number of sulfonamides is 1. The first kappa shape index (κ1) is 22.3. The van der Waals surface area contributed by atoms with Gasteiger partial charge in [0.1, 0.15) is 5.82 Å². The van der Waals surface area contributed by atoms with Crippen molar-refractivity contribution in [1.29, 1.82) is 0 Å². The number of alkyl halides is 2. The Morgan fingerprint density at radius 2 is 1.91 bits per heavy atom. The second kappa shape index (κ2) is 8.91. The molecule has 1 saturated carbocycles. The van der Waals surface area contributed by atoms with Gasteiger partial charge in [0.15, 0.2) is 0 Å². The number of halogens is 2. The number of rotatable bonds is 6. The molecular weight excluding hydrogens is 440 g/mol. The largest absolute Gasteiger partial charge is 0.383 e. The first-order valence-corrected chi connectivity index (χ1v) is 11.7. The van der Waals surface area contributed by atoms with Crippen molar-refractivity contribution in [3.8, 4) is 22.6 Å². The summed E-state index contributed by atoms with van der Waals surface area (Å²) in [5.74, 6) is -0.908. The van der Waals surface area contributed by atoms with Gasteiger partial charge in [-0.1, -0.05) is 30.5 Å². The fourth-order valence-corrected chi connectivity index (χ4v) is 5.14. The van der Waals surface area contributed by atoms with E-state index in [9.17, 15) is 17.2 Å². The van der Waals surface area contributed by atoms with Crippen LogP contribution in [-0.4, -0.2) is 29.6 Å². The summed E-state index contributed by atoms with van der Waals surface area (Å²) < 4.78 is 59.3. The van der Waals surface area contributed by atoms with Gasteiger partial charge < -0.3 is 10.3 Å². The van der Waals surface area contributed by atoms with Crippen LogP contribution in [0.15, 0.2) is 39.9 Å². The zero-order valence-electron chi connectivity index (χ0n) is 17.4. The van der Waals surface area contributed by atoms with E-state index in [2.05, 4.69) is 19.8 Å². The van der Waals surface area contributed by atoms with Crippen LogP contribution >= 0.6 is 0 Å². The van der Waals surface area contributed by atoms with Crippen LogP contribution in [0.1, 0.15) is 49.9 Å². The van der Waals surface area contributed by atoms with E-state index in [1.54, 1.807) is 24.3 Å². The highest BCUT2D eigenvalue weighted by Gasteiger charge is 2.23. The summed E-state index contributed by atoms with van der Waals surface area (Å²) in [6.07, 6.45) is 3.40. The summed E-state index contributed by atoms with van der Waals surface area (Å²) >= 11 is 0. The van der Waals surface area contributed by atoms with E-state index in [1.165, 1.54) is 6.20 Å². The molecule has 3 aromatic rings. The summed E-state index contributed by atoms with van der Waals surface area (Å²) in [7, 11) is -3.70. The van der Waals surface area contributed by atoms with E-state index < -0.39 is 22.3 Å². The van der Waals surface area contributed by atoms with Crippen molar-refractivity contribution in [1.82, 2.24) is 19.8 Å². The minimum absolute atomic E-state index is 0.0265. The number of nitrogens with two attached hydrogens (primary N) is 1. The lowest BCUT2D eigenvalue weighted by Crippen LogP contribution is -2.36. The minimum atomic E-state index is -3.70. The van der Waals surface area contributed by atoms with Gasteiger partial charge in [0.05, 0.1) is 10.5 Å². The molecule has 11 heteroatoms. The Balaban J connectivity index is 1.69. The third-order valence-corrected chi connectivity index (χ3v) is 7.06. The van der Waals surface area contributed by atoms with Crippen LogP contribution in [0.3, 0.4) is 0 Å². The van der Waals surface area contributed by atoms with Crippen LogP contribution in [-0.2, 0) is 10.0 Å². The third-order valence-electron chi connectivity index (χ3n) is 5.54. The van der Waals surface area contributed by atoms with E-state index in [1.807, 2.05) is 6.92 Å². The molecule has 2 heterocycles. The number of benzene rings is 1. The molecule has 0 bridgehead atoms. The molecule has 0 radical (unpaired) electrons. The normalized spacial score (nSPS) is 15.4. The van der Waals surface area contributed by atoms with Crippen LogP contribution in [0.25, 0.3) is 22.6 Å². The van der Waals surface area contributed by atoms with E-state index in [0.717, 1.165) is 37.7 Å². The molecule has 0 aliphatic heterocycles. The fourth-order valence-electron chi connectivity index (χ4n) is 3.81. The quantitative estimate of drug-likeness (QED) is 0.560. The zero-order valence-corrected chi connectivity index (χ0v) is 18.2. The number of nitrogen functional groups attached to an aromatic ring is 1. The maximum absolute atomic E-state index is 13.0. The SMILES string of the molecule is Cc1ccc(S(=O)(=O)NC2CCCCC2)cc1-c1cnc(N)c(-c2nc(C(F)F)no2)c1. The number of hydrogen-bond donors (Lipinski definition) is 2. The van der Waals surface area contributed by atoms with Gasteiger partial charge in [0.2, 0.25) is 15.8 Å². The van der Waals surface area contributed by atoms with Gasteiger partial charge in [-0.25, -0.2) is 26.9 Å². The molecule has 0 unspecified atom stereocenters. The Morgan fingerprint density at radius 3 is 2.59 bits per heavy atom. The van der Waals surface area contributed by atoms with Gasteiger partial charge in [0.25, 0.3) is 5.89 Å². The van der Waals surface area contributed by atoms with Crippen LogP contribution < -0.4 is 10.5 Å². The van der Waals surface area contributed by atoms with Crippen molar-refractivity contribution >= 4 is 15.8 Å². The fraction of sp³-hybridized carbons (Fsp3) is 0.381. The predicted molar refractivity (Wildman–Crippen MR) is 114 cm³/mol. The number of hydrogen-bond acceptors (Lipinski definition) is 7. The average molecular weight is 464 g/mol. The standard InChI is InChI=1S/C21H23F2N5O3S/c1-12-7-8-15(32(29,30)28-14-5-3-2-4-6-14)10-16(12)13-9-17(19(24)25-11-13)21-26-20(18(22)23)27-31-21/h7-11,14,18,28H,2-6H2,1H3,(H2,24,25). The first-order valence-electron chi connectivity index (χ1n) is 10.3. The van der Waals surface area contributed by atoms with Crippen molar-refractivity contribution in [3.05, 3.63) is 41.9 Å². The van der Waals surface area contributed by atoms with Gasteiger partial charge in [-0.2, -0.15) is 4.98 Å². The molecule has 3 N–H and O–H groups in total. The molecule has 170 valence electrons. The van der Waals surface area contributed by atoms with Gasteiger partial charge in [-0.15, -0.1) is 0 Å². The summed E-state index contributed by atoms with van der Waals surface area (Å²) in [6, 6.07) is 6.34. The Bertz CT molecular complexity index is 1220. The van der Waals surface area contributed by atoms with E-state index >= 15 is 0 Å². The molecule has 1 fully saturated rings. The summed E-state index contributed by atoms with van der Waals surface area (Å²) in [5, 5.41) is 3.25. The smallest absolute Gasteiger partial charge is 0.300 e. The van der Waals surface area contributed by atoms with Crippen molar-refractivity contribution in [2.24, 2.45) is 0 Å². The molecule has 0 saturated heterocycles. The predicted octanol–water partition coefficient (Wildman–Crippen LogP) is 4.24. The molecule has 0 spiro atoms. The molecule has 32 heavy (non-hydrogen) atoms. The maximum Gasteiger partial charge on any atom is 0.300 e. The van der Waals surface area contributed by atoms with Crippen molar-refractivity contribution in [3.63, 3.8) is 0 Å². The highest BCUT2D eigenvalue weighted by Crippen LogP contribution is 2.32. The lowest BCUT2D eigenvalue weighted by molar-refractivity contribution is 0.136. The third kappa shape index (κ3) is 4.63. The second-order valence-corrected chi connectivity index (χ2v) is 9.56. The van der Waals surface area contributed by atoms with Crippen molar-refractivity contribution in [2.75, 3.05) is 5.73 Å². The lowest BCUT2D eigenvalue weighted by Gasteiger charge is -2.22. The number of aryl methyl sites for hydroxylation is 1. The monoisotopic (exact) mass is 463 g/mol. The number of nitrogens with zero attached hydrogens (tertiary/aromatic N) is 3. The first-order chi connectivity index (χ1) is 15.2. The average Bonchev–Trinajstić information content (AvgIpc) is 3.25. The molecule has 4 rings (SSSR count).